The Bertz CT molecular complexity index is 831. The SMILES string of the molecule is C1=Cc2cccc(Nc3cccc4cccnc34)c2NC1. The maximum atomic E-state index is 4.49. The highest BCUT2D eigenvalue weighted by atomic mass is 15.0. The first-order valence-corrected chi connectivity index (χ1v) is 7.06. The molecule has 102 valence electrons. The number of benzene rings is 2. The number of anilines is 3. The number of hydrogen-bond donors (Lipinski definition) is 2. The van der Waals surface area contributed by atoms with E-state index in [-0.39, 0.29) is 0 Å². The third kappa shape index (κ3) is 2.13. The lowest BCUT2D eigenvalue weighted by Gasteiger charge is -2.19. The fourth-order valence-electron chi connectivity index (χ4n) is 2.71. The maximum Gasteiger partial charge on any atom is 0.0936 e. The van der Waals surface area contributed by atoms with Gasteiger partial charge in [0, 0.05) is 18.1 Å². The van der Waals surface area contributed by atoms with Crippen molar-refractivity contribution >= 4 is 34.0 Å². The van der Waals surface area contributed by atoms with Gasteiger partial charge < -0.3 is 10.6 Å². The molecule has 0 unspecified atom stereocenters. The van der Waals surface area contributed by atoms with Crippen LogP contribution in [0.15, 0.2) is 60.8 Å². The lowest BCUT2D eigenvalue weighted by atomic mass is 10.1. The Labute approximate surface area is 123 Å². The van der Waals surface area contributed by atoms with Crippen molar-refractivity contribution in [1.82, 2.24) is 4.98 Å². The Morgan fingerprint density at radius 2 is 1.81 bits per heavy atom. The van der Waals surface area contributed by atoms with E-state index < -0.39 is 0 Å². The van der Waals surface area contributed by atoms with E-state index >= 15 is 0 Å². The molecule has 2 aromatic carbocycles. The Morgan fingerprint density at radius 3 is 2.81 bits per heavy atom. The minimum Gasteiger partial charge on any atom is -0.379 e. The number of fused-ring (bicyclic) bond motifs is 2. The highest BCUT2D eigenvalue weighted by Crippen LogP contribution is 2.33. The Morgan fingerprint density at radius 1 is 0.952 bits per heavy atom. The number of para-hydroxylation sites is 2. The summed E-state index contributed by atoms with van der Waals surface area (Å²) in [5.74, 6) is 0. The summed E-state index contributed by atoms with van der Waals surface area (Å²) in [5, 5.41) is 8.09. The molecule has 1 aliphatic heterocycles. The van der Waals surface area contributed by atoms with Gasteiger partial charge in [-0.15, -0.1) is 0 Å². The average Bonchev–Trinajstić information content (AvgIpc) is 2.56. The largest absolute Gasteiger partial charge is 0.379 e. The van der Waals surface area contributed by atoms with E-state index in [2.05, 4.69) is 70.2 Å². The molecule has 0 spiro atoms. The van der Waals surface area contributed by atoms with Gasteiger partial charge in [-0.1, -0.05) is 42.5 Å². The van der Waals surface area contributed by atoms with E-state index in [0.717, 1.165) is 34.5 Å². The van der Waals surface area contributed by atoms with E-state index in [1.54, 1.807) is 0 Å². The molecule has 2 heterocycles. The molecule has 1 aromatic heterocycles. The molecule has 0 aliphatic carbocycles. The van der Waals surface area contributed by atoms with E-state index in [1.807, 2.05) is 12.3 Å². The topological polar surface area (TPSA) is 37.0 Å². The second-order valence-corrected chi connectivity index (χ2v) is 5.06. The van der Waals surface area contributed by atoms with Crippen molar-refractivity contribution in [2.24, 2.45) is 0 Å². The van der Waals surface area contributed by atoms with Gasteiger partial charge in [-0.25, -0.2) is 0 Å². The van der Waals surface area contributed by atoms with E-state index in [1.165, 1.54) is 5.56 Å². The van der Waals surface area contributed by atoms with Crippen LogP contribution in [-0.2, 0) is 0 Å². The number of pyridine rings is 1. The van der Waals surface area contributed by atoms with Crippen molar-refractivity contribution in [1.29, 1.82) is 0 Å². The molecule has 1 aliphatic rings. The molecule has 2 N–H and O–H groups in total. The van der Waals surface area contributed by atoms with Gasteiger partial charge in [0.1, 0.15) is 0 Å². The van der Waals surface area contributed by atoms with Crippen molar-refractivity contribution in [3.8, 4) is 0 Å². The highest BCUT2D eigenvalue weighted by molar-refractivity contribution is 5.94. The lowest BCUT2D eigenvalue weighted by molar-refractivity contribution is 1.31. The summed E-state index contributed by atoms with van der Waals surface area (Å²) in [7, 11) is 0. The fourth-order valence-corrected chi connectivity index (χ4v) is 2.71. The molecule has 0 fully saturated rings. The van der Waals surface area contributed by atoms with Gasteiger partial charge in [-0.05, 0) is 23.8 Å². The molecular weight excluding hydrogens is 258 g/mol. The molecule has 0 bridgehead atoms. The summed E-state index contributed by atoms with van der Waals surface area (Å²) in [6, 6.07) is 16.5. The van der Waals surface area contributed by atoms with Gasteiger partial charge >= 0.3 is 0 Å². The van der Waals surface area contributed by atoms with E-state index in [4.69, 9.17) is 0 Å². The van der Waals surface area contributed by atoms with Crippen LogP contribution in [0.3, 0.4) is 0 Å². The van der Waals surface area contributed by atoms with Crippen LogP contribution < -0.4 is 10.6 Å². The van der Waals surface area contributed by atoms with Crippen LogP contribution in [0, 0.1) is 0 Å². The smallest absolute Gasteiger partial charge is 0.0936 e. The summed E-state index contributed by atoms with van der Waals surface area (Å²) >= 11 is 0. The number of rotatable bonds is 2. The van der Waals surface area contributed by atoms with Crippen LogP contribution in [0.2, 0.25) is 0 Å². The number of nitrogens with zero attached hydrogens (tertiary/aromatic N) is 1. The van der Waals surface area contributed by atoms with Crippen LogP contribution in [0.25, 0.3) is 17.0 Å². The van der Waals surface area contributed by atoms with Crippen LogP contribution in [0.1, 0.15) is 5.56 Å². The third-order valence-electron chi connectivity index (χ3n) is 3.69. The average molecular weight is 273 g/mol. The van der Waals surface area contributed by atoms with Gasteiger partial charge in [-0.2, -0.15) is 0 Å². The zero-order valence-corrected chi connectivity index (χ0v) is 11.5. The van der Waals surface area contributed by atoms with Crippen LogP contribution >= 0.6 is 0 Å². The minimum atomic E-state index is 0.861. The standard InChI is InChI=1S/C18H15N3/c1-5-13-7-3-11-19-17(13)15(9-1)21-16-10-2-6-14-8-4-12-20-18(14)16/h1-11,20-21H,12H2. The van der Waals surface area contributed by atoms with Crippen molar-refractivity contribution in [2.45, 2.75) is 0 Å². The van der Waals surface area contributed by atoms with Gasteiger partial charge in [0.05, 0.1) is 22.6 Å². The predicted molar refractivity (Wildman–Crippen MR) is 89.0 cm³/mol. The van der Waals surface area contributed by atoms with E-state index in [9.17, 15) is 0 Å². The van der Waals surface area contributed by atoms with Gasteiger partial charge in [-0.3, -0.25) is 4.98 Å². The molecule has 0 amide bonds. The van der Waals surface area contributed by atoms with Crippen LogP contribution in [-0.4, -0.2) is 11.5 Å². The fraction of sp³-hybridized carbons (Fsp3) is 0.0556. The zero-order chi connectivity index (χ0) is 14.1. The highest BCUT2D eigenvalue weighted by Gasteiger charge is 2.10. The summed E-state index contributed by atoms with van der Waals surface area (Å²) in [6.45, 7) is 0.861. The summed E-state index contributed by atoms with van der Waals surface area (Å²) in [6.07, 6.45) is 6.11. The zero-order valence-electron chi connectivity index (χ0n) is 11.5. The third-order valence-corrected chi connectivity index (χ3v) is 3.69. The Kier molecular flexibility index (Phi) is 2.82. The van der Waals surface area contributed by atoms with Gasteiger partial charge in [0.15, 0.2) is 0 Å². The molecular formula is C18H15N3. The lowest BCUT2D eigenvalue weighted by Crippen LogP contribution is -2.07. The number of aromatic nitrogens is 1. The summed E-state index contributed by atoms with van der Waals surface area (Å²) in [4.78, 5) is 4.49. The Hall–Kier alpha value is -2.81. The van der Waals surface area contributed by atoms with Crippen LogP contribution in [0.5, 0.6) is 0 Å². The predicted octanol–water partition coefficient (Wildman–Crippen LogP) is 4.42. The van der Waals surface area contributed by atoms with Crippen molar-refractivity contribution in [3.05, 3.63) is 66.4 Å². The molecule has 0 atom stereocenters. The van der Waals surface area contributed by atoms with Gasteiger partial charge in [0.25, 0.3) is 0 Å². The molecule has 3 heteroatoms. The minimum absolute atomic E-state index is 0.861. The second kappa shape index (κ2) is 4.94. The number of hydrogen-bond acceptors (Lipinski definition) is 3. The molecule has 3 aromatic rings. The monoisotopic (exact) mass is 273 g/mol. The van der Waals surface area contributed by atoms with Crippen molar-refractivity contribution in [2.75, 3.05) is 17.2 Å². The number of nitrogens with one attached hydrogen (secondary N) is 2. The summed E-state index contributed by atoms with van der Waals surface area (Å²) < 4.78 is 0. The Balaban J connectivity index is 1.81. The molecule has 3 nitrogen and oxygen atoms in total. The second-order valence-electron chi connectivity index (χ2n) is 5.06. The summed E-state index contributed by atoms with van der Waals surface area (Å²) in [5.41, 5.74) is 5.45. The van der Waals surface area contributed by atoms with E-state index in [0.29, 0.717) is 0 Å². The normalized spacial score (nSPS) is 12.8. The first kappa shape index (κ1) is 12.0. The quantitative estimate of drug-likeness (QED) is 0.726. The van der Waals surface area contributed by atoms with Crippen molar-refractivity contribution in [3.63, 3.8) is 0 Å². The molecule has 0 saturated heterocycles. The molecule has 21 heavy (non-hydrogen) atoms. The maximum absolute atomic E-state index is 4.49. The first-order valence-electron chi connectivity index (χ1n) is 7.06. The van der Waals surface area contributed by atoms with Crippen LogP contribution in [0.4, 0.5) is 17.1 Å². The van der Waals surface area contributed by atoms with Crippen molar-refractivity contribution < 1.29 is 0 Å². The first-order chi connectivity index (χ1) is 10.4. The molecule has 0 radical (unpaired) electrons. The molecule has 4 rings (SSSR count). The van der Waals surface area contributed by atoms with Gasteiger partial charge in [0.2, 0.25) is 0 Å². The molecule has 0 saturated carbocycles.